The number of likely N-dealkylation sites (tertiary alicyclic amines) is 1. The number of nitrogens with one attached hydrogen (secondary N) is 1. The van der Waals surface area contributed by atoms with Crippen molar-refractivity contribution >= 4 is 6.03 Å². The maximum Gasteiger partial charge on any atom is 0.317 e. The molecule has 2 fully saturated rings. The second-order valence-electron chi connectivity index (χ2n) is 5.97. The Labute approximate surface area is 105 Å². The number of carbonyl (C=O) groups excluding carboxylic acids is 1. The van der Waals surface area contributed by atoms with Gasteiger partial charge < -0.3 is 10.2 Å². The number of nitrogens with zero attached hydrogens (tertiary/aromatic N) is 1. The summed E-state index contributed by atoms with van der Waals surface area (Å²) in [4.78, 5) is 14.3. The monoisotopic (exact) mass is 238 g/mol. The molecule has 0 aromatic rings. The van der Waals surface area contributed by atoms with Crippen molar-refractivity contribution in [2.45, 2.75) is 70.9 Å². The van der Waals surface area contributed by atoms with Crippen molar-refractivity contribution < 1.29 is 4.79 Å². The summed E-state index contributed by atoms with van der Waals surface area (Å²) in [7, 11) is 0. The van der Waals surface area contributed by atoms with Crippen molar-refractivity contribution in [3.05, 3.63) is 0 Å². The van der Waals surface area contributed by atoms with E-state index in [-0.39, 0.29) is 6.03 Å². The lowest BCUT2D eigenvalue weighted by Crippen LogP contribution is -2.52. The zero-order chi connectivity index (χ0) is 12.3. The second kappa shape index (κ2) is 5.74. The first-order valence-electron chi connectivity index (χ1n) is 7.24. The molecule has 3 nitrogen and oxygen atoms in total. The first kappa shape index (κ1) is 12.7. The third kappa shape index (κ3) is 3.36. The van der Waals surface area contributed by atoms with Crippen molar-refractivity contribution in [1.29, 1.82) is 0 Å². The van der Waals surface area contributed by atoms with Crippen molar-refractivity contribution in [2.75, 3.05) is 6.54 Å². The summed E-state index contributed by atoms with van der Waals surface area (Å²) in [5.74, 6) is 0.656. The molecule has 1 heterocycles. The van der Waals surface area contributed by atoms with E-state index in [1.807, 2.05) is 4.90 Å². The molecule has 0 unspecified atom stereocenters. The molecule has 0 spiro atoms. The van der Waals surface area contributed by atoms with Gasteiger partial charge in [-0.3, -0.25) is 0 Å². The minimum absolute atomic E-state index is 0.177. The minimum atomic E-state index is 0.177. The summed E-state index contributed by atoms with van der Waals surface area (Å²) in [6.45, 7) is 5.35. The van der Waals surface area contributed by atoms with Crippen LogP contribution in [0.1, 0.15) is 58.8 Å². The van der Waals surface area contributed by atoms with Crippen LogP contribution in [0.2, 0.25) is 0 Å². The SMILES string of the molecule is C[C@H]1CC[C@H](C)N(C(=O)NC2CCCCC2)C1. The molecule has 1 aliphatic carbocycles. The number of carbonyl (C=O) groups is 1. The average molecular weight is 238 g/mol. The van der Waals surface area contributed by atoms with Crippen LogP contribution in [0.15, 0.2) is 0 Å². The molecule has 17 heavy (non-hydrogen) atoms. The van der Waals surface area contributed by atoms with Crippen LogP contribution in [0.3, 0.4) is 0 Å². The number of hydrogen-bond donors (Lipinski definition) is 1. The summed E-state index contributed by atoms with van der Waals surface area (Å²) < 4.78 is 0. The van der Waals surface area contributed by atoms with Crippen LogP contribution >= 0.6 is 0 Å². The van der Waals surface area contributed by atoms with E-state index in [0.29, 0.717) is 18.0 Å². The average Bonchev–Trinajstić information content (AvgIpc) is 2.33. The fraction of sp³-hybridized carbons (Fsp3) is 0.929. The van der Waals surface area contributed by atoms with Gasteiger partial charge >= 0.3 is 6.03 Å². The summed E-state index contributed by atoms with van der Waals surface area (Å²) >= 11 is 0. The van der Waals surface area contributed by atoms with E-state index in [1.54, 1.807) is 0 Å². The van der Waals surface area contributed by atoms with Crippen molar-refractivity contribution in [3.8, 4) is 0 Å². The Kier molecular flexibility index (Phi) is 4.30. The van der Waals surface area contributed by atoms with Gasteiger partial charge in [0.2, 0.25) is 0 Å². The van der Waals surface area contributed by atoms with E-state index in [9.17, 15) is 4.79 Å². The molecule has 3 heteroatoms. The molecule has 2 aliphatic rings. The second-order valence-corrected chi connectivity index (χ2v) is 5.97. The predicted molar refractivity (Wildman–Crippen MR) is 70.0 cm³/mol. The van der Waals surface area contributed by atoms with E-state index in [2.05, 4.69) is 19.2 Å². The highest BCUT2D eigenvalue weighted by atomic mass is 16.2. The molecule has 0 aromatic heterocycles. The van der Waals surface area contributed by atoms with Crippen LogP contribution in [0.25, 0.3) is 0 Å². The van der Waals surface area contributed by atoms with Gasteiger partial charge in [0.05, 0.1) is 0 Å². The largest absolute Gasteiger partial charge is 0.335 e. The van der Waals surface area contributed by atoms with Gasteiger partial charge in [0, 0.05) is 18.6 Å². The standard InChI is InChI=1S/C14H26N2O/c1-11-8-9-12(2)16(10-11)14(17)15-13-6-4-3-5-7-13/h11-13H,3-10H2,1-2H3,(H,15,17)/t11-,12-/m0/s1. The summed E-state index contributed by atoms with van der Waals surface area (Å²) in [6, 6.07) is 1.02. The Hall–Kier alpha value is -0.730. The number of urea groups is 1. The van der Waals surface area contributed by atoms with E-state index < -0.39 is 0 Å². The number of piperidine rings is 1. The van der Waals surface area contributed by atoms with Gasteiger partial charge in [0.15, 0.2) is 0 Å². The number of rotatable bonds is 1. The van der Waals surface area contributed by atoms with Crippen LogP contribution in [0.5, 0.6) is 0 Å². The third-order valence-electron chi connectivity index (χ3n) is 4.31. The first-order chi connectivity index (χ1) is 8.16. The number of hydrogen-bond acceptors (Lipinski definition) is 1. The molecule has 1 N–H and O–H groups in total. The first-order valence-corrected chi connectivity index (χ1v) is 7.24. The zero-order valence-corrected chi connectivity index (χ0v) is 11.2. The van der Waals surface area contributed by atoms with E-state index in [1.165, 1.54) is 38.5 Å². The molecule has 2 rings (SSSR count). The van der Waals surface area contributed by atoms with Gasteiger partial charge in [-0.25, -0.2) is 4.79 Å². The lowest BCUT2D eigenvalue weighted by atomic mass is 9.94. The number of amides is 2. The summed E-state index contributed by atoms with van der Waals surface area (Å²) in [6.07, 6.45) is 8.64. The quantitative estimate of drug-likeness (QED) is 0.748. The Morgan fingerprint density at radius 3 is 2.47 bits per heavy atom. The van der Waals surface area contributed by atoms with Crippen molar-refractivity contribution in [2.24, 2.45) is 5.92 Å². The smallest absolute Gasteiger partial charge is 0.317 e. The maximum absolute atomic E-state index is 12.2. The Bertz CT molecular complexity index is 261. The Balaban J connectivity index is 1.85. The normalized spacial score (nSPS) is 31.3. The van der Waals surface area contributed by atoms with Gasteiger partial charge in [0.1, 0.15) is 0 Å². The zero-order valence-electron chi connectivity index (χ0n) is 11.2. The fourth-order valence-corrected chi connectivity index (χ4v) is 3.08. The Morgan fingerprint density at radius 1 is 1.06 bits per heavy atom. The van der Waals surface area contributed by atoms with Gasteiger partial charge in [-0.1, -0.05) is 26.2 Å². The molecule has 1 saturated heterocycles. The molecule has 1 saturated carbocycles. The fourth-order valence-electron chi connectivity index (χ4n) is 3.08. The summed E-state index contributed by atoms with van der Waals surface area (Å²) in [5, 5.41) is 3.23. The van der Waals surface area contributed by atoms with Crippen LogP contribution in [-0.4, -0.2) is 29.6 Å². The molecule has 0 bridgehead atoms. The lowest BCUT2D eigenvalue weighted by Gasteiger charge is -2.38. The van der Waals surface area contributed by atoms with Crippen LogP contribution < -0.4 is 5.32 Å². The highest BCUT2D eigenvalue weighted by Crippen LogP contribution is 2.22. The molecule has 98 valence electrons. The van der Waals surface area contributed by atoms with Crippen molar-refractivity contribution in [1.82, 2.24) is 10.2 Å². The van der Waals surface area contributed by atoms with Crippen LogP contribution in [0.4, 0.5) is 4.79 Å². The highest BCUT2D eigenvalue weighted by molar-refractivity contribution is 5.75. The van der Waals surface area contributed by atoms with Crippen molar-refractivity contribution in [3.63, 3.8) is 0 Å². The predicted octanol–water partition coefficient (Wildman–Crippen LogP) is 3.15. The molecular weight excluding hydrogens is 212 g/mol. The molecule has 0 radical (unpaired) electrons. The van der Waals surface area contributed by atoms with Gasteiger partial charge in [-0.2, -0.15) is 0 Å². The molecular formula is C14H26N2O. The highest BCUT2D eigenvalue weighted by Gasteiger charge is 2.28. The topological polar surface area (TPSA) is 32.3 Å². The molecule has 1 aliphatic heterocycles. The van der Waals surface area contributed by atoms with E-state index in [0.717, 1.165) is 13.0 Å². The molecule has 0 aromatic carbocycles. The lowest BCUT2D eigenvalue weighted by molar-refractivity contribution is 0.132. The summed E-state index contributed by atoms with van der Waals surface area (Å²) in [5.41, 5.74) is 0. The Morgan fingerprint density at radius 2 is 1.76 bits per heavy atom. The maximum atomic E-state index is 12.2. The van der Waals surface area contributed by atoms with Gasteiger partial charge in [-0.05, 0) is 38.5 Å². The van der Waals surface area contributed by atoms with Gasteiger partial charge in [0.25, 0.3) is 0 Å². The van der Waals surface area contributed by atoms with E-state index in [4.69, 9.17) is 0 Å². The van der Waals surface area contributed by atoms with Gasteiger partial charge in [-0.15, -0.1) is 0 Å². The molecule has 2 atom stereocenters. The molecule has 2 amide bonds. The third-order valence-corrected chi connectivity index (χ3v) is 4.31. The van der Waals surface area contributed by atoms with E-state index >= 15 is 0 Å². The van der Waals surface area contributed by atoms with Crippen LogP contribution in [-0.2, 0) is 0 Å². The van der Waals surface area contributed by atoms with Crippen LogP contribution in [0, 0.1) is 5.92 Å². The minimum Gasteiger partial charge on any atom is -0.335 e.